The lowest BCUT2D eigenvalue weighted by Crippen LogP contribution is -2.22. The molecule has 0 saturated heterocycles. The van der Waals surface area contributed by atoms with E-state index in [1.165, 1.54) is 24.4 Å². The van der Waals surface area contributed by atoms with Crippen molar-refractivity contribution in [3.63, 3.8) is 0 Å². The van der Waals surface area contributed by atoms with E-state index in [9.17, 15) is 4.39 Å². The Hall–Kier alpha value is -1.72. The molecule has 0 atom stereocenters. The van der Waals surface area contributed by atoms with Crippen LogP contribution in [0.25, 0.3) is 0 Å². The van der Waals surface area contributed by atoms with E-state index in [4.69, 9.17) is 16.3 Å². The summed E-state index contributed by atoms with van der Waals surface area (Å²) in [7, 11) is 0. The highest BCUT2D eigenvalue weighted by atomic mass is 35.5. The second-order valence-corrected chi connectivity index (χ2v) is 4.97. The van der Waals surface area contributed by atoms with Crippen molar-refractivity contribution in [2.24, 2.45) is 0 Å². The molecule has 1 heterocycles. The van der Waals surface area contributed by atoms with Crippen molar-refractivity contribution in [3.05, 3.63) is 47.1 Å². The van der Waals surface area contributed by atoms with Crippen LogP contribution in [0.4, 0.5) is 4.39 Å². The number of nitrogens with one attached hydrogen (secondary N) is 1. The maximum atomic E-state index is 13.0. The number of nitrogens with zero attached hydrogens (tertiary/aromatic N) is 2. The van der Waals surface area contributed by atoms with E-state index in [1.807, 2.05) is 0 Å². The van der Waals surface area contributed by atoms with Gasteiger partial charge < -0.3 is 10.1 Å². The fourth-order valence-electron chi connectivity index (χ4n) is 1.46. The minimum absolute atomic E-state index is 0.00760. The third-order valence-electron chi connectivity index (χ3n) is 2.49. The molecule has 2 aromatic rings. The number of rotatable bonds is 5. The Kier molecular flexibility index (Phi) is 4.87. The molecule has 106 valence electrons. The standard InChI is InChI=1S/C14H15ClFN3O/c1-9(2)17-6-10-7-19-14(8-18-10)20-11-3-4-13(16)12(15)5-11/h3-5,7-9,17H,6H2,1-2H3. The van der Waals surface area contributed by atoms with E-state index in [0.717, 1.165) is 5.69 Å². The van der Waals surface area contributed by atoms with E-state index < -0.39 is 5.82 Å². The monoisotopic (exact) mass is 295 g/mol. The van der Waals surface area contributed by atoms with Crippen LogP contribution < -0.4 is 10.1 Å². The number of hydrogen-bond donors (Lipinski definition) is 1. The maximum Gasteiger partial charge on any atom is 0.237 e. The highest BCUT2D eigenvalue weighted by Crippen LogP contribution is 2.24. The van der Waals surface area contributed by atoms with Crippen molar-refractivity contribution in [1.82, 2.24) is 15.3 Å². The van der Waals surface area contributed by atoms with Crippen LogP contribution in [0, 0.1) is 5.82 Å². The van der Waals surface area contributed by atoms with Crippen molar-refractivity contribution in [3.8, 4) is 11.6 Å². The van der Waals surface area contributed by atoms with Crippen molar-refractivity contribution in [1.29, 1.82) is 0 Å². The second-order valence-electron chi connectivity index (χ2n) is 4.56. The van der Waals surface area contributed by atoms with Gasteiger partial charge >= 0.3 is 0 Å². The van der Waals surface area contributed by atoms with Crippen molar-refractivity contribution in [2.45, 2.75) is 26.4 Å². The molecule has 20 heavy (non-hydrogen) atoms. The molecule has 1 N–H and O–H groups in total. The fourth-order valence-corrected chi connectivity index (χ4v) is 1.63. The summed E-state index contributed by atoms with van der Waals surface area (Å²) in [6.07, 6.45) is 3.16. The zero-order valence-electron chi connectivity index (χ0n) is 11.2. The van der Waals surface area contributed by atoms with E-state index >= 15 is 0 Å². The van der Waals surface area contributed by atoms with Gasteiger partial charge in [-0.2, -0.15) is 0 Å². The topological polar surface area (TPSA) is 47.0 Å². The minimum atomic E-state index is -0.486. The third-order valence-corrected chi connectivity index (χ3v) is 2.78. The number of hydrogen-bond acceptors (Lipinski definition) is 4. The van der Waals surface area contributed by atoms with E-state index in [2.05, 4.69) is 29.1 Å². The molecule has 1 aromatic heterocycles. The zero-order chi connectivity index (χ0) is 14.5. The lowest BCUT2D eigenvalue weighted by molar-refractivity contribution is 0.456. The van der Waals surface area contributed by atoms with Crippen LogP contribution in [0.1, 0.15) is 19.5 Å². The Morgan fingerprint density at radius 3 is 2.70 bits per heavy atom. The smallest absolute Gasteiger partial charge is 0.237 e. The Morgan fingerprint density at radius 2 is 2.10 bits per heavy atom. The summed E-state index contributed by atoms with van der Waals surface area (Å²) >= 11 is 5.68. The van der Waals surface area contributed by atoms with Gasteiger partial charge in [-0.15, -0.1) is 0 Å². The Morgan fingerprint density at radius 1 is 1.30 bits per heavy atom. The quantitative estimate of drug-likeness (QED) is 0.916. The maximum absolute atomic E-state index is 13.0. The molecule has 0 aliphatic rings. The third kappa shape index (κ3) is 4.15. The molecular formula is C14H15ClFN3O. The van der Waals surface area contributed by atoms with Gasteiger partial charge in [0.2, 0.25) is 5.88 Å². The van der Waals surface area contributed by atoms with Gasteiger partial charge in [-0.25, -0.2) is 9.37 Å². The summed E-state index contributed by atoms with van der Waals surface area (Å²) in [6.45, 7) is 4.76. The van der Waals surface area contributed by atoms with E-state index in [0.29, 0.717) is 24.2 Å². The predicted octanol–water partition coefficient (Wildman–Crippen LogP) is 3.56. The van der Waals surface area contributed by atoms with Gasteiger partial charge in [-0.1, -0.05) is 25.4 Å². The van der Waals surface area contributed by atoms with Gasteiger partial charge in [-0.3, -0.25) is 4.98 Å². The fraction of sp³-hybridized carbons (Fsp3) is 0.286. The normalized spacial score (nSPS) is 10.8. The van der Waals surface area contributed by atoms with E-state index in [-0.39, 0.29) is 5.02 Å². The molecule has 0 aliphatic heterocycles. The summed E-state index contributed by atoms with van der Waals surface area (Å²) in [5.74, 6) is 0.264. The number of aromatic nitrogens is 2. The molecule has 1 aromatic carbocycles. The molecule has 0 fully saturated rings. The van der Waals surface area contributed by atoms with Crippen LogP contribution in [0.5, 0.6) is 11.6 Å². The average Bonchev–Trinajstić information content (AvgIpc) is 2.42. The summed E-state index contributed by atoms with van der Waals surface area (Å²) < 4.78 is 18.5. The van der Waals surface area contributed by atoms with Crippen molar-refractivity contribution < 1.29 is 9.13 Å². The van der Waals surface area contributed by atoms with Gasteiger partial charge in [0.25, 0.3) is 0 Å². The molecule has 0 unspecified atom stereocenters. The van der Waals surface area contributed by atoms with Crippen LogP contribution in [-0.4, -0.2) is 16.0 Å². The van der Waals surface area contributed by atoms with Gasteiger partial charge in [0.1, 0.15) is 11.6 Å². The number of benzene rings is 1. The zero-order valence-corrected chi connectivity index (χ0v) is 12.0. The average molecular weight is 296 g/mol. The van der Waals surface area contributed by atoms with Crippen LogP contribution in [-0.2, 0) is 6.54 Å². The van der Waals surface area contributed by atoms with Crippen LogP contribution in [0.3, 0.4) is 0 Å². The first kappa shape index (κ1) is 14.7. The van der Waals surface area contributed by atoms with E-state index in [1.54, 1.807) is 6.20 Å². The van der Waals surface area contributed by atoms with Crippen molar-refractivity contribution >= 4 is 11.6 Å². The molecule has 0 aliphatic carbocycles. The first-order valence-electron chi connectivity index (χ1n) is 6.22. The minimum Gasteiger partial charge on any atom is -0.437 e. The van der Waals surface area contributed by atoms with Crippen LogP contribution in [0.15, 0.2) is 30.6 Å². The number of ether oxygens (including phenoxy) is 1. The number of halogens is 2. The molecule has 4 nitrogen and oxygen atoms in total. The van der Waals surface area contributed by atoms with Crippen molar-refractivity contribution in [2.75, 3.05) is 0 Å². The summed E-state index contributed by atoms with van der Waals surface area (Å²) in [4.78, 5) is 8.37. The lowest BCUT2D eigenvalue weighted by atomic mass is 10.3. The highest BCUT2D eigenvalue weighted by Gasteiger charge is 2.04. The van der Waals surface area contributed by atoms with Gasteiger partial charge in [-0.05, 0) is 12.1 Å². The SMILES string of the molecule is CC(C)NCc1cnc(Oc2ccc(F)c(Cl)c2)cn1. The highest BCUT2D eigenvalue weighted by molar-refractivity contribution is 6.30. The summed E-state index contributed by atoms with van der Waals surface area (Å²) in [5.41, 5.74) is 0.822. The molecular weight excluding hydrogens is 281 g/mol. The van der Waals surface area contributed by atoms with Crippen LogP contribution >= 0.6 is 11.6 Å². The molecule has 0 saturated carbocycles. The largest absolute Gasteiger partial charge is 0.437 e. The Balaban J connectivity index is 2.01. The Bertz CT molecular complexity index is 575. The predicted molar refractivity (Wildman–Crippen MR) is 75.5 cm³/mol. The summed E-state index contributed by atoms with van der Waals surface area (Å²) in [5, 5.41) is 3.25. The van der Waals surface area contributed by atoms with Crippen LogP contribution in [0.2, 0.25) is 5.02 Å². The molecule has 0 bridgehead atoms. The molecule has 6 heteroatoms. The second kappa shape index (κ2) is 6.63. The first-order chi connectivity index (χ1) is 9.54. The Labute approximate surface area is 122 Å². The lowest BCUT2D eigenvalue weighted by Gasteiger charge is -2.08. The van der Waals surface area contributed by atoms with Gasteiger partial charge in [0.05, 0.1) is 23.1 Å². The van der Waals surface area contributed by atoms with Gasteiger partial charge in [0, 0.05) is 18.7 Å². The van der Waals surface area contributed by atoms with Gasteiger partial charge in [0.15, 0.2) is 0 Å². The molecule has 0 amide bonds. The molecule has 0 spiro atoms. The molecule has 2 rings (SSSR count). The molecule has 0 radical (unpaired) electrons. The first-order valence-corrected chi connectivity index (χ1v) is 6.59. The summed E-state index contributed by atoms with van der Waals surface area (Å²) in [6, 6.07) is 4.50.